The van der Waals surface area contributed by atoms with Gasteiger partial charge in [-0.15, -0.1) is 0 Å². The Morgan fingerprint density at radius 2 is 2.07 bits per heavy atom. The minimum atomic E-state index is -1.05. The molecule has 0 fully saturated rings. The number of aryl methyl sites for hydroxylation is 1. The number of benzene rings is 1. The second-order valence-corrected chi connectivity index (χ2v) is 2.97. The molecule has 1 N–H and O–H groups in total. The molecule has 0 saturated carbocycles. The van der Waals surface area contributed by atoms with Crippen molar-refractivity contribution in [2.75, 3.05) is 7.11 Å². The summed E-state index contributed by atoms with van der Waals surface area (Å²) in [6.07, 6.45) is -0.273. The highest BCUT2D eigenvalue weighted by Crippen LogP contribution is 2.21. The number of rotatable bonds is 4. The van der Waals surface area contributed by atoms with Crippen molar-refractivity contribution in [2.24, 2.45) is 0 Å². The summed E-state index contributed by atoms with van der Waals surface area (Å²) in [5, 5.41) is 8.39. The van der Waals surface area contributed by atoms with E-state index in [1.165, 1.54) is 7.11 Å². The highest BCUT2D eigenvalue weighted by atomic mass is 19.1. The van der Waals surface area contributed by atoms with Crippen LogP contribution in [0.15, 0.2) is 12.1 Å². The molecule has 0 aliphatic rings. The molecule has 82 valence electrons. The number of ether oxygens (including phenoxy) is 1. The van der Waals surface area contributed by atoms with Crippen LogP contribution in [0.4, 0.5) is 8.78 Å². The Balaban J connectivity index is 2.90. The molecule has 0 radical (unpaired) electrons. The molecule has 0 aliphatic heterocycles. The first kappa shape index (κ1) is 11.4. The van der Waals surface area contributed by atoms with Gasteiger partial charge in [0.05, 0.1) is 7.11 Å². The standard InChI is InChI=1S/C10H10F2O3/c1-15-9-5-7(11)6(4-8(9)12)2-3-10(13)14/h4-5H,2-3H2,1H3,(H,13,14). The van der Waals surface area contributed by atoms with E-state index in [9.17, 15) is 13.6 Å². The minimum Gasteiger partial charge on any atom is -0.494 e. The molecular weight excluding hydrogens is 206 g/mol. The molecule has 5 heteroatoms. The fourth-order valence-corrected chi connectivity index (χ4v) is 1.16. The summed E-state index contributed by atoms with van der Waals surface area (Å²) in [6, 6.07) is 1.86. The number of aliphatic carboxylic acids is 1. The largest absolute Gasteiger partial charge is 0.494 e. The Bertz CT molecular complexity index is 377. The zero-order valence-electron chi connectivity index (χ0n) is 8.09. The van der Waals surface area contributed by atoms with Gasteiger partial charge in [-0.05, 0) is 18.1 Å². The van der Waals surface area contributed by atoms with Gasteiger partial charge in [-0.1, -0.05) is 0 Å². The molecule has 0 amide bonds. The maximum atomic E-state index is 13.2. The van der Waals surface area contributed by atoms with Gasteiger partial charge in [-0.3, -0.25) is 4.79 Å². The molecule has 1 rings (SSSR count). The molecule has 0 atom stereocenters. The fraction of sp³-hybridized carbons (Fsp3) is 0.300. The molecule has 3 nitrogen and oxygen atoms in total. The zero-order chi connectivity index (χ0) is 11.4. The first-order valence-corrected chi connectivity index (χ1v) is 4.28. The predicted molar refractivity (Wildman–Crippen MR) is 48.9 cm³/mol. The van der Waals surface area contributed by atoms with Crippen LogP contribution in [0, 0.1) is 11.6 Å². The van der Waals surface area contributed by atoms with Gasteiger partial charge in [-0.25, -0.2) is 8.78 Å². The first-order valence-electron chi connectivity index (χ1n) is 4.28. The lowest BCUT2D eigenvalue weighted by molar-refractivity contribution is -0.136. The molecule has 1 aromatic carbocycles. The van der Waals surface area contributed by atoms with Crippen molar-refractivity contribution in [1.29, 1.82) is 0 Å². The summed E-state index contributed by atoms with van der Waals surface area (Å²) in [5.41, 5.74) is 0.0377. The average molecular weight is 216 g/mol. The summed E-state index contributed by atoms with van der Waals surface area (Å²) in [6.45, 7) is 0. The van der Waals surface area contributed by atoms with Crippen LogP contribution >= 0.6 is 0 Å². The topological polar surface area (TPSA) is 46.5 Å². The molecule has 0 bridgehead atoms. The molecule has 0 unspecified atom stereocenters. The van der Waals surface area contributed by atoms with Gasteiger partial charge in [0.1, 0.15) is 5.82 Å². The zero-order valence-corrected chi connectivity index (χ0v) is 8.09. The lowest BCUT2D eigenvalue weighted by atomic mass is 10.1. The van der Waals surface area contributed by atoms with Gasteiger partial charge in [0.25, 0.3) is 0 Å². The van der Waals surface area contributed by atoms with E-state index >= 15 is 0 Å². The summed E-state index contributed by atoms with van der Waals surface area (Å²) in [4.78, 5) is 10.3. The first-order chi connectivity index (χ1) is 7.04. The number of hydrogen-bond donors (Lipinski definition) is 1. The highest BCUT2D eigenvalue weighted by Gasteiger charge is 2.11. The fourth-order valence-electron chi connectivity index (χ4n) is 1.16. The third kappa shape index (κ3) is 2.90. The number of hydrogen-bond acceptors (Lipinski definition) is 2. The molecule has 0 aliphatic carbocycles. The Hall–Kier alpha value is -1.65. The van der Waals surface area contributed by atoms with Crippen molar-refractivity contribution in [2.45, 2.75) is 12.8 Å². The molecule has 0 saturated heterocycles. The quantitative estimate of drug-likeness (QED) is 0.837. The Morgan fingerprint density at radius 1 is 1.40 bits per heavy atom. The highest BCUT2D eigenvalue weighted by molar-refractivity contribution is 5.67. The third-order valence-electron chi connectivity index (χ3n) is 1.93. The number of carboxylic acids is 1. The summed E-state index contributed by atoms with van der Waals surface area (Å²) in [5.74, 6) is -2.59. The Labute approximate surface area is 85.3 Å². The number of carboxylic acid groups (broad SMARTS) is 1. The van der Waals surface area contributed by atoms with Crippen LogP contribution in [0.5, 0.6) is 5.75 Å². The van der Waals surface area contributed by atoms with Crippen LogP contribution in [-0.4, -0.2) is 18.2 Å². The van der Waals surface area contributed by atoms with Crippen LogP contribution in [0.25, 0.3) is 0 Å². The smallest absolute Gasteiger partial charge is 0.303 e. The summed E-state index contributed by atoms with van der Waals surface area (Å²) < 4.78 is 30.9. The number of carbonyl (C=O) groups is 1. The van der Waals surface area contributed by atoms with E-state index in [0.29, 0.717) is 0 Å². The molecule has 1 aromatic rings. The molecule has 0 aromatic heterocycles. The SMILES string of the molecule is COc1cc(F)c(CCC(=O)O)cc1F. The van der Waals surface area contributed by atoms with Crippen molar-refractivity contribution < 1.29 is 23.4 Å². The van der Waals surface area contributed by atoms with E-state index < -0.39 is 17.6 Å². The van der Waals surface area contributed by atoms with E-state index in [0.717, 1.165) is 12.1 Å². The van der Waals surface area contributed by atoms with Gasteiger partial charge < -0.3 is 9.84 Å². The van der Waals surface area contributed by atoms with Crippen LogP contribution in [0.3, 0.4) is 0 Å². The van der Waals surface area contributed by atoms with E-state index in [2.05, 4.69) is 4.74 Å². The number of methoxy groups -OCH3 is 1. The Morgan fingerprint density at radius 3 is 2.60 bits per heavy atom. The predicted octanol–water partition coefficient (Wildman–Crippen LogP) is 1.99. The lowest BCUT2D eigenvalue weighted by Crippen LogP contribution is -2.01. The maximum Gasteiger partial charge on any atom is 0.303 e. The van der Waals surface area contributed by atoms with Crippen molar-refractivity contribution in [3.63, 3.8) is 0 Å². The second-order valence-electron chi connectivity index (χ2n) is 2.97. The van der Waals surface area contributed by atoms with E-state index in [4.69, 9.17) is 5.11 Å². The van der Waals surface area contributed by atoms with Crippen molar-refractivity contribution in [3.05, 3.63) is 29.3 Å². The lowest BCUT2D eigenvalue weighted by Gasteiger charge is -2.05. The normalized spacial score (nSPS) is 10.1. The molecule has 0 spiro atoms. The van der Waals surface area contributed by atoms with Crippen molar-refractivity contribution in [1.82, 2.24) is 0 Å². The van der Waals surface area contributed by atoms with Crippen LogP contribution in [-0.2, 0) is 11.2 Å². The van der Waals surface area contributed by atoms with Gasteiger partial charge in [0.15, 0.2) is 11.6 Å². The van der Waals surface area contributed by atoms with Crippen LogP contribution in [0.1, 0.15) is 12.0 Å². The van der Waals surface area contributed by atoms with E-state index in [-0.39, 0.29) is 24.2 Å². The van der Waals surface area contributed by atoms with Crippen LogP contribution in [0.2, 0.25) is 0 Å². The monoisotopic (exact) mass is 216 g/mol. The third-order valence-corrected chi connectivity index (χ3v) is 1.93. The number of halogens is 2. The minimum absolute atomic E-state index is 0.0377. The van der Waals surface area contributed by atoms with Gasteiger partial charge in [-0.2, -0.15) is 0 Å². The average Bonchev–Trinajstić information content (AvgIpc) is 2.18. The summed E-state index contributed by atoms with van der Waals surface area (Å²) in [7, 11) is 1.23. The summed E-state index contributed by atoms with van der Waals surface area (Å²) >= 11 is 0. The van der Waals surface area contributed by atoms with Gasteiger partial charge >= 0.3 is 5.97 Å². The molecular formula is C10H10F2O3. The van der Waals surface area contributed by atoms with Crippen molar-refractivity contribution >= 4 is 5.97 Å². The maximum absolute atomic E-state index is 13.2. The van der Waals surface area contributed by atoms with E-state index in [1.807, 2.05) is 0 Å². The van der Waals surface area contributed by atoms with Gasteiger partial charge in [0, 0.05) is 12.5 Å². The molecule has 0 heterocycles. The Kier molecular flexibility index (Phi) is 3.60. The second kappa shape index (κ2) is 4.72. The van der Waals surface area contributed by atoms with Gasteiger partial charge in [0.2, 0.25) is 0 Å². The van der Waals surface area contributed by atoms with Crippen LogP contribution < -0.4 is 4.74 Å². The van der Waals surface area contributed by atoms with Crippen molar-refractivity contribution in [3.8, 4) is 5.75 Å². The molecule has 15 heavy (non-hydrogen) atoms. The van der Waals surface area contributed by atoms with E-state index in [1.54, 1.807) is 0 Å².